The van der Waals surface area contributed by atoms with Crippen LogP contribution in [0.5, 0.6) is 0 Å². The second-order valence-corrected chi connectivity index (χ2v) is 6.24. The molecule has 2 heterocycles. The highest BCUT2D eigenvalue weighted by molar-refractivity contribution is 5.82. The molecular weight excluding hydrogens is 248 g/mol. The Labute approximate surface area is 113 Å². The van der Waals surface area contributed by atoms with Gasteiger partial charge in [0.2, 0.25) is 5.91 Å². The molecule has 0 aromatic carbocycles. The van der Waals surface area contributed by atoms with Crippen LogP contribution in [0, 0.1) is 5.92 Å². The summed E-state index contributed by atoms with van der Waals surface area (Å²) in [5.74, 6) is -0.558. The molecule has 2 fully saturated rings. The van der Waals surface area contributed by atoms with E-state index in [1.807, 2.05) is 0 Å². The summed E-state index contributed by atoms with van der Waals surface area (Å²) < 4.78 is 5.25. The molecule has 2 amide bonds. The maximum absolute atomic E-state index is 12.1. The molecule has 0 aromatic rings. The molecular formula is C13H22N2O4. The van der Waals surface area contributed by atoms with Crippen LogP contribution in [0.4, 0.5) is 4.79 Å². The highest BCUT2D eigenvalue weighted by Crippen LogP contribution is 2.23. The lowest BCUT2D eigenvalue weighted by Crippen LogP contribution is -2.48. The van der Waals surface area contributed by atoms with E-state index in [4.69, 9.17) is 4.74 Å². The molecule has 2 rings (SSSR count). The zero-order valence-electron chi connectivity index (χ0n) is 11.8. The van der Waals surface area contributed by atoms with Crippen LogP contribution in [0.15, 0.2) is 0 Å². The summed E-state index contributed by atoms with van der Waals surface area (Å²) in [6.45, 7) is 7.30. The summed E-state index contributed by atoms with van der Waals surface area (Å²) in [5, 5.41) is 9.95. The van der Waals surface area contributed by atoms with Crippen molar-refractivity contribution < 1.29 is 19.4 Å². The lowest BCUT2D eigenvalue weighted by Gasteiger charge is -2.33. The number of aliphatic hydroxyl groups is 1. The highest BCUT2D eigenvalue weighted by Gasteiger charge is 2.42. The van der Waals surface area contributed by atoms with Gasteiger partial charge in [-0.25, -0.2) is 4.79 Å². The van der Waals surface area contributed by atoms with Gasteiger partial charge in [-0.05, 0) is 27.2 Å². The van der Waals surface area contributed by atoms with Crippen molar-refractivity contribution >= 4 is 12.0 Å². The lowest BCUT2D eigenvalue weighted by atomic mass is 10.0. The van der Waals surface area contributed by atoms with Crippen LogP contribution in [0.2, 0.25) is 0 Å². The topological polar surface area (TPSA) is 70.1 Å². The largest absolute Gasteiger partial charge is 0.444 e. The predicted octanol–water partition coefficient (Wildman–Crippen LogP) is 0.447. The van der Waals surface area contributed by atoms with Gasteiger partial charge in [0.1, 0.15) is 5.60 Å². The lowest BCUT2D eigenvalue weighted by molar-refractivity contribution is -0.141. The Hall–Kier alpha value is -1.30. The third kappa shape index (κ3) is 3.18. The molecule has 0 radical (unpaired) electrons. The molecule has 19 heavy (non-hydrogen) atoms. The number of ether oxygens (including phenoxy) is 1. The van der Waals surface area contributed by atoms with Crippen molar-refractivity contribution in [2.75, 3.05) is 26.2 Å². The molecule has 0 spiro atoms. The molecule has 2 aliphatic rings. The van der Waals surface area contributed by atoms with Gasteiger partial charge in [0, 0.05) is 19.6 Å². The van der Waals surface area contributed by atoms with Gasteiger partial charge in [-0.3, -0.25) is 4.79 Å². The first kappa shape index (κ1) is 14.1. The first-order valence-electron chi connectivity index (χ1n) is 6.73. The maximum atomic E-state index is 12.1. The van der Waals surface area contributed by atoms with E-state index in [0.29, 0.717) is 0 Å². The number of amides is 2. The Morgan fingerprint density at radius 3 is 2.26 bits per heavy atom. The highest BCUT2D eigenvalue weighted by atomic mass is 16.6. The van der Waals surface area contributed by atoms with Crippen molar-refractivity contribution in [3.8, 4) is 0 Å². The molecule has 2 saturated heterocycles. The third-order valence-electron chi connectivity index (χ3n) is 3.43. The van der Waals surface area contributed by atoms with Crippen LogP contribution < -0.4 is 0 Å². The SMILES string of the molecule is CC(C)(C)OC(=O)N1C[C@H](C(=O)N2CCC2)[C@@H](O)C1. The summed E-state index contributed by atoms with van der Waals surface area (Å²) in [5.41, 5.74) is -0.568. The Morgan fingerprint density at radius 1 is 1.16 bits per heavy atom. The minimum absolute atomic E-state index is 0.0511. The third-order valence-corrected chi connectivity index (χ3v) is 3.43. The summed E-state index contributed by atoms with van der Waals surface area (Å²) in [7, 11) is 0. The van der Waals surface area contributed by atoms with Crippen LogP contribution >= 0.6 is 0 Å². The van der Waals surface area contributed by atoms with Crippen LogP contribution in [0.25, 0.3) is 0 Å². The van der Waals surface area contributed by atoms with E-state index in [-0.39, 0.29) is 19.0 Å². The quantitative estimate of drug-likeness (QED) is 0.751. The van der Waals surface area contributed by atoms with Gasteiger partial charge < -0.3 is 19.6 Å². The molecule has 0 aromatic heterocycles. The van der Waals surface area contributed by atoms with Crippen LogP contribution in [0.1, 0.15) is 27.2 Å². The molecule has 2 aliphatic heterocycles. The Kier molecular flexibility index (Phi) is 3.71. The van der Waals surface area contributed by atoms with Crippen LogP contribution in [-0.4, -0.2) is 64.8 Å². The van der Waals surface area contributed by atoms with E-state index in [0.717, 1.165) is 19.5 Å². The first-order valence-corrected chi connectivity index (χ1v) is 6.73. The fourth-order valence-electron chi connectivity index (χ4n) is 2.28. The van der Waals surface area contributed by atoms with E-state index in [1.54, 1.807) is 25.7 Å². The zero-order chi connectivity index (χ0) is 14.2. The standard InChI is InChI=1S/C13H22N2O4/c1-13(2,3)19-12(18)15-7-9(10(16)8-15)11(17)14-5-4-6-14/h9-10,16H,4-8H2,1-3H3/t9-,10-/m0/s1. The number of aliphatic hydroxyl groups excluding tert-OH is 1. The van der Waals surface area contributed by atoms with Gasteiger partial charge in [0.15, 0.2) is 0 Å². The van der Waals surface area contributed by atoms with Crippen molar-refractivity contribution in [3.05, 3.63) is 0 Å². The number of rotatable bonds is 1. The molecule has 108 valence electrons. The van der Waals surface area contributed by atoms with Crippen molar-refractivity contribution in [2.24, 2.45) is 5.92 Å². The number of hydrogen-bond donors (Lipinski definition) is 1. The van der Waals surface area contributed by atoms with E-state index in [2.05, 4.69) is 0 Å². The molecule has 1 N–H and O–H groups in total. The number of β-amino-alcohol motifs (C(OH)–C–C–N with tert-alkyl or cyclic N) is 1. The Balaban J connectivity index is 1.93. The van der Waals surface area contributed by atoms with E-state index < -0.39 is 23.7 Å². The van der Waals surface area contributed by atoms with Crippen molar-refractivity contribution in [3.63, 3.8) is 0 Å². The zero-order valence-corrected chi connectivity index (χ0v) is 11.8. The van der Waals surface area contributed by atoms with Gasteiger partial charge in [-0.1, -0.05) is 0 Å². The number of nitrogens with zero attached hydrogens (tertiary/aromatic N) is 2. The smallest absolute Gasteiger partial charge is 0.410 e. The molecule has 2 atom stereocenters. The second-order valence-electron chi connectivity index (χ2n) is 6.24. The van der Waals surface area contributed by atoms with Crippen molar-refractivity contribution in [1.29, 1.82) is 0 Å². The second kappa shape index (κ2) is 5.00. The molecule has 0 unspecified atom stereocenters. The summed E-state index contributed by atoms with van der Waals surface area (Å²) >= 11 is 0. The van der Waals surface area contributed by atoms with Gasteiger partial charge in [0.25, 0.3) is 0 Å². The number of carbonyl (C=O) groups excluding carboxylic acids is 2. The van der Waals surface area contributed by atoms with Crippen molar-refractivity contribution in [1.82, 2.24) is 9.80 Å². The van der Waals surface area contributed by atoms with E-state index in [9.17, 15) is 14.7 Å². The Bertz CT molecular complexity index is 373. The Morgan fingerprint density at radius 2 is 1.79 bits per heavy atom. The fraction of sp³-hybridized carbons (Fsp3) is 0.846. The van der Waals surface area contributed by atoms with Gasteiger partial charge >= 0.3 is 6.09 Å². The first-order chi connectivity index (χ1) is 8.78. The van der Waals surface area contributed by atoms with Gasteiger partial charge in [-0.15, -0.1) is 0 Å². The predicted molar refractivity (Wildman–Crippen MR) is 68.5 cm³/mol. The summed E-state index contributed by atoms with van der Waals surface area (Å²) in [6, 6.07) is 0. The average Bonchev–Trinajstić information content (AvgIpc) is 2.54. The molecule has 6 nitrogen and oxygen atoms in total. The number of likely N-dealkylation sites (tertiary alicyclic amines) is 2. The molecule has 6 heteroatoms. The normalized spacial score (nSPS) is 27.2. The van der Waals surface area contributed by atoms with E-state index >= 15 is 0 Å². The maximum Gasteiger partial charge on any atom is 0.410 e. The summed E-state index contributed by atoms with van der Waals surface area (Å²) in [6.07, 6.45) is -0.240. The minimum atomic E-state index is -0.791. The van der Waals surface area contributed by atoms with Gasteiger partial charge in [-0.2, -0.15) is 0 Å². The number of carbonyl (C=O) groups is 2. The number of hydrogen-bond acceptors (Lipinski definition) is 4. The minimum Gasteiger partial charge on any atom is -0.444 e. The van der Waals surface area contributed by atoms with Crippen LogP contribution in [-0.2, 0) is 9.53 Å². The van der Waals surface area contributed by atoms with Gasteiger partial charge in [0.05, 0.1) is 18.6 Å². The molecule has 0 saturated carbocycles. The monoisotopic (exact) mass is 270 g/mol. The van der Waals surface area contributed by atoms with Crippen LogP contribution in [0.3, 0.4) is 0 Å². The molecule has 0 aliphatic carbocycles. The summed E-state index contributed by atoms with van der Waals surface area (Å²) in [4.78, 5) is 27.1. The van der Waals surface area contributed by atoms with Crippen molar-refractivity contribution in [2.45, 2.75) is 38.9 Å². The molecule has 0 bridgehead atoms. The fourth-order valence-corrected chi connectivity index (χ4v) is 2.28. The average molecular weight is 270 g/mol. The van der Waals surface area contributed by atoms with E-state index in [1.165, 1.54) is 4.90 Å².